The molecule has 0 aliphatic rings. The third-order valence-electron chi connectivity index (χ3n) is 4.56. The molecule has 136 valence electrons. The van der Waals surface area contributed by atoms with Crippen LogP contribution in [0.3, 0.4) is 0 Å². The minimum Gasteiger partial charge on any atom is -0.342 e. The minimum atomic E-state index is -0.377. The van der Waals surface area contributed by atoms with E-state index in [2.05, 4.69) is 20.3 Å². The second kappa shape index (κ2) is 6.46. The number of imidazole rings is 1. The van der Waals surface area contributed by atoms with Gasteiger partial charge in [-0.15, -0.1) is 0 Å². The first-order valence-corrected chi connectivity index (χ1v) is 8.75. The molecule has 6 heteroatoms. The summed E-state index contributed by atoms with van der Waals surface area (Å²) in [5, 5.41) is 3.59. The maximum Gasteiger partial charge on any atom is 0.252 e. The molecule has 2 aromatic carbocycles. The number of amides is 1. The van der Waals surface area contributed by atoms with E-state index in [1.807, 2.05) is 32.0 Å². The van der Waals surface area contributed by atoms with Crippen molar-refractivity contribution < 1.29 is 9.18 Å². The number of carbonyl (C=O) groups is 1. The van der Waals surface area contributed by atoms with Crippen LogP contribution in [0, 0.1) is 19.7 Å². The van der Waals surface area contributed by atoms with Crippen LogP contribution in [0.4, 0.5) is 4.39 Å². The lowest BCUT2D eigenvalue weighted by molar-refractivity contribution is 0.0940. The molecule has 0 spiro atoms. The molecule has 0 saturated heterocycles. The highest BCUT2D eigenvalue weighted by atomic mass is 19.1. The summed E-state index contributed by atoms with van der Waals surface area (Å²) in [6, 6.07) is 11.6. The first-order chi connectivity index (χ1) is 12.9. The summed E-state index contributed by atoms with van der Waals surface area (Å²) in [6.45, 7) is 5.68. The van der Waals surface area contributed by atoms with E-state index < -0.39 is 0 Å². The third kappa shape index (κ3) is 3.26. The Morgan fingerprint density at radius 2 is 1.89 bits per heavy atom. The average molecular weight is 362 g/mol. The van der Waals surface area contributed by atoms with Crippen molar-refractivity contribution in [1.29, 1.82) is 0 Å². The van der Waals surface area contributed by atoms with Crippen LogP contribution in [0.15, 0.2) is 42.5 Å². The number of rotatable bonds is 3. The fourth-order valence-electron chi connectivity index (χ4n) is 3.21. The molecule has 0 bridgehead atoms. The Bertz CT molecular complexity index is 1180. The van der Waals surface area contributed by atoms with Gasteiger partial charge in [-0.3, -0.25) is 9.78 Å². The first-order valence-electron chi connectivity index (χ1n) is 8.75. The maximum absolute atomic E-state index is 13.5. The molecule has 1 unspecified atom stereocenters. The van der Waals surface area contributed by atoms with Gasteiger partial charge in [-0.2, -0.15) is 0 Å². The van der Waals surface area contributed by atoms with Gasteiger partial charge in [0.2, 0.25) is 0 Å². The van der Waals surface area contributed by atoms with Gasteiger partial charge in [0, 0.05) is 17.1 Å². The van der Waals surface area contributed by atoms with E-state index in [0.29, 0.717) is 28.0 Å². The Labute approximate surface area is 155 Å². The van der Waals surface area contributed by atoms with E-state index in [-0.39, 0.29) is 17.8 Å². The van der Waals surface area contributed by atoms with Crippen LogP contribution in [0.5, 0.6) is 0 Å². The zero-order valence-corrected chi connectivity index (χ0v) is 15.3. The Morgan fingerprint density at radius 3 is 2.70 bits per heavy atom. The van der Waals surface area contributed by atoms with Crippen molar-refractivity contribution in [2.24, 2.45) is 0 Å². The molecule has 0 fully saturated rings. The summed E-state index contributed by atoms with van der Waals surface area (Å²) in [5.41, 5.74) is 4.53. The predicted octanol–water partition coefficient (Wildman–Crippen LogP) is 4.36. The van der Waals surface area contributed by atoms with Gasteiger partial charge in [-0.1, -0.05) is 6.07 Å². The smallest absolute Gasteiger partial charge is 0.252 e. The number of hydrogen-bond donors (Lipinski definition) is 2. The van der Waals surface area contributed by atoms with Gasteiger partial charge in [-0.25, -0.2) is 9.37 Å². The highest BCUT2D eigenvalue weighted by Gasteiger charge is 2.18. The molecule has 0 aliphatic carbocycles. The molecule has 4 rings (SSSR count). The number of pyridine rings is 1. The van der Waals surface area contributed by atoms with Crippen LogP contribution >= 0.6 is 0 Å². The van der Waals surface area contributed by atoms with E-state index in [9.17, 15) is 9.18 Å². The number of aryl methyl sites for hydroxylation is 2. The van der Waals surface area contributed by atoms with Crippen molar-refractivity contribution in [3.8, 4) is 0 Å². The van der Waals surface area contributed by atoms with Crippen molar-refractivity contribution in [3.05, 3.63) is 70.9 Å². The Balaban J connectivity index is 1.66. The van der Waals surface area contributed by atoms with Crippen molar-refractivity contribution in [2.75, 3.05) is 0 Å². The van der Waals surface area contributed by atoms with Crippen molar-refractivity contribution in [1.82, 2.24) is 20.3 Å². The second-order valence-corrected chi connectivity index (χ2v) is 6.81. The highest BCUT2D eigenvalue weighted by molar-refractivity contribution is 6.06. The average Bonchev–Trinajstić information content (AvgIpc) is 3.03. The van der Waals surface area contributed by atoms with Gasteiger partial charge in [0.15, 0.2) is 0 Å². The molecular weight excluding hydrogens is 343 g/mol. The third-order valence-corrected chi connectivity index (χ3v) is 4.56. The monoisotopic (exact) mass is 362 g/mol. The molecule has 0 aliphatic heterocycles. The van der Waals surface area contributed by atoms with Crippen LogP contribution in [0.25, 0.3) is 21.9 Å². The summed E-state index contributed by atoms with van der Waals surface area (Å²) in [7, 11) is 0. The lowest BCUT2D eigenvalue weighted by atomic mass is 10.1. The van der Waals surface area contributed by atoms with E-state index in [1.165, 1.54) is 12.1 Å². The van der Waals surface area contributed by atoms with Crippen molar-refractivity contribution in [2.45, 2.75) is 26.8 Å². The summed E-state index contributed by atoms with van der Waals surface area (Å²) >= 11 is 0. The molecule has 1 atom stereocenters. The van der Waals surface area contributed by atoms with Gasteiger partial charge in [0.05, 0.1) is 28.2 Å². The molecule has 4 aromatic rings. The normalized spacial score (nSPS) is 12.4. The van der Waals surface area contributed by atoms with Gasteiger partial charge in [0.25, 0.3) is 5.91 Å². The SMILES string of the molecule is Cc1ccc2nc(C(C)NC(=O)c3cc(C)nc4cc(F)ccc34)[nH]c2c1. The number of halogens is 1. The van der Waals surface area contributed by atoms with Crippen LogP contribution in [0.2, 0.25) is 0 Å². The van der Waals surface area contributed by atoms with Gasteiger partial charge in [-0.05, 0) is 56.7 Å². The molecule has 0 saturated carbocycles. The van der Waals surface area contributed by atoms with Gasteiger partial charge < -0.3 is 10.3 Å². The Kier molecular flexibility index (Phi) is 4.11. The summed E-state index contributed by atoms with van der Waals surface area (Å²) in [5.74, 6) is 0.0595. The van der Waals surface area contributed by atoms with Crippen LogP contribution in [-0.4, -0.2) is 20.9 Å². The number of aromatic nitrogens is 3. The number of carbonyl (C=O) groups excluding carboxylic acids is 1. The van der Waals surface area contributed by atoms with E-state index >= 15 is 0 Å². The summed E-state index contributed by atoms with van der Waals surface area (Å²) in [4.78, 5) is 25.0. The lowest BCUT2D eigenvalue weighted by Gasteiger charge is -2.13. The van der Waals surface area contributed by atoms with E-state index in [0.717, 1.165) is 16.6 Å². The Morgan fingerprint density at radius 1 is 1.07 bits per heavy atom. The zero-order chi connectivity index (χ0) is 19.1. The molecule has 2 heterocycles. The lowest BCUT2D eigenvalue weighted by Crippen LogP contribution is -2.27. The number of fused-ring (bicyclic) bond motifs is 2. The molecule has 5 nitrogen and oxygen atoms in total. The fraction of sp³-hybridized carbons (Fsp3) is 0.190. The summed E-state index contributed by atoms with van der Waals surface area (Å²) in [6.07, 6.45) is 0. The minimum absolute atomic E-state index is 0.249. The predicted molar refractivity (Wildman–Crippen MR) is 103 cm³/mol. The van der Waals surface area contributed by atoms with Crippen LogP contribution < -0.4 is 5.32 Å². The summed E-state index contributed by atoms with van der Waals surface area (Å²) < 4.78 is 13.5. The number of aromatic amines is 1. The molecule has 0 radical (unpaired) electrons. The quantitative estimate of drug-likeness (QED) is 0.569. The first kappa shape index (κ1) is 17.1. The van der Waals surface area contributed by atoms with Gasteiger partial charge >= 0.3 is 0 Å². The fourth-order valence-corrected chi connectivity index (χ4v) is 3.21. The number of hydrogen-bond acceptors (Lipinski definition) is 3. The molecular formula is C21H19FN4O. The number of nitrogens with zero attached hydrogens (tertiary/aromatic N) is 2. The van der Waals surface area contributed by atoms with E-state index in [1.54, 1.807) is 19.1 Å². The second-order valence-electron chi connectivity index (χ2n) is 6.81. The molecule has 1 amide bonds. The Hall–Kier alpha value is -3.28. The highest BCUT2D eigenvalue weighted by Crippen LogP contribution is 2.22. The number of benzene rings is 2. The molecule has 2 N–H and O–H groups in total. The zero-order valence-electron chi connectivity index (χ0n) is 15.3. The number of nitrogens with one attached hydrogen (secondary N) is 2. The molecule has 2 aromatic heterocycles. The van der Waals surface area contributed by atoms with E-state index in [4.69, 9.17) is 0 Å². The number of H-pyrrole nitrogens is 1. The standard InChI is InChI=1S/C21H19FN4O/c1-11-4-7-17-19(8-11)26-20(25-17)13(3)24-21(27)16-9-12(2)23-18-10-14(22)5-6-15(16)18/h4-10,13H,1-3H3,(H,24,27)(H,25,26). The van der Waals surface area contributed by atoms with Crippen LogP contribution in [-0.2, 0) is 0 Å². The largest absolute Gasteiger partial charge is 0.342 e. The van der Waals surface area contributed by atoms with Crippen molar-refractivity contribution >= 4 is 27.8 Å². The van der Waals surface area contributed by atoms with Crippen molar-refractivity contribution in [3.63, 3.8) is 0 Å². The van der Waals surface area contributed by atoms with Crippen LogP contribution in [0.1, 0.15) is 40.4 Å². The topological polar surface area (TPSA) is 70.7 Å². The maximum atomic E-state index is 13.5. The van der Waals surface area contributed by atoms with Gasteiger partial charge in [0.1, 0.15) is 11.6 Å². The molecule has 27 heavy (non-hydrogen) atoms.